The number of aliphatic carboxylic acids is 1. The zero-order valence-corrected chi connectivity index (χ0v) is 14.0. The van der Waals surface area contributed by atoms with Crippen LogP contribution in [-0.4, -0.2) is 17.0 Å². The molecule has 1 unspecified atom stereocenters. The highest BCUT2D eigenvalue weighted by Gasteiger charge is 2.38. The molecule has 1 atom stereocenters. The Hall–Kier alpha value is -1.26. The van der Waals surface area contributed by atoms with E-state index in [1.165, 1.54) is 0 Å². The topological polar surface area (TPSA) is 66.4 Å². The van der Waals surface area contributed by atoms with Gasteiger partial charge in [0.05, 0.1) is 16.1 Å². The quantitative estimate of drug-likeness (QED) is 0.841. The van der Waals surface area contributed by atoms with Crippen molar-refractivity contribution >= 4 is 40.8 Å². The number of rotatable bonds is 5. The lowest BCUT2D eigenvalue weighted by Crippen LogP contribution is -2.37. The summed E-state index contributed by atoms with van der Waals surface area (Å²) < 4.78 is 0. The molecule has 0 saturated heterocycles. The molecule has 0 aliphatic carbocycles. The van der Waals surface area contributed by atoms with Gasteiger partial charge in [-0.2, -0.15) is 0 Å². The summed E-state index contributed by atoms with van der Waals surface area (Å²) in [7, 11) is 0. The van der Waals surface area contributed by atoms with Crippen LogP contribution in [-0.2, 0) is 9.59 Å². The number of anilines is 1. The summed E-state index contributed by atoms with van der Waals surface area (Å²) in [5.41, 5.74) is 0.0522. The minimum Gasteiger partial charge on any atom is -0.481 e. The first kappa shape index (κ1) is 17.8. The second-order valence-corrected chi connectivity index (χ2v) is 6.50. The SMILES string of the molecule is Cc1cc(Cl)c(NC(=O)CC(C)(C(=O)O)C(C)C)cc1Cl. The van der Waals surface area contributed by atoms with Gasteiger partial charge in [-0.3, -0.25) is 9.59 Å². The Kier molecular flexibility index (Phi) is 5.65. The molecular weight excluding hydrogens is 313 g/mol. The number of carbonyl (C=O) groups is 2. The minimum atomic E-state index is -1.13. The normalized spacial score (nSPS) is 13.9. The zero-order valence-electron chi connectivity index (χ0n) is 12.5. The number of carboxylic acid groups (broad SMARTS) is 1. The van der Waals surface area contributed by atoms with Crippen LogP contribution in [0.15, 0.2) is 12.1 Å². The average Bonchev–Trinajstić information content (AvgIpc) is 2.35. The van der Waals surface area contributed by atoms with Crippen LogP contribution in [0.1, 0.15) is 32.8 Å². The summed E-state index contributed by atoms with van der Waals surface area (Å²) in [6.45, 7) is 6.91. The Morgan fingerprint density at radius 3 is 2.33 bits per heavy atom. The van der Waals surface area contributed by atoms with Gasteiger partial charge < -0.3 is 10.4 Å². The molecule has 21 heavy (non-hydrogen) atoms. The van der Waals surface area contributed by atoms with Gasteiger partial charge in [0.1, 0.15) is 0 Å². The largest absolute Gasteiger partial charge is 0.481 e. The van der Waals surface area contributed by atoms with Crippen molar-refractivity contribution in [3.63, 3.8) is 0 Å². The van der Waals surface area contributed by atoms with E-state index in [-0.39, 0.29) is 12.3 Å². The molecule has 1 aromatic carbocycles. The molecule has 0 aliphatic heterocycles. The van der Waals surface area contributed by atoms with Gasteiger partial charge in [-0.15, -0.1) is 0 Å². The molecule has 1 aromatic rings. The molecule has 6 heteroatoms. The van der Waals surface area contributed by atoms with Crippen LogP contribution < -0.4 is 5.32 Å². The van der Waals surface area contributed by atoms with Crippen molar-refractivity contribution in [2.45, 2.75) is 34.1 Å². The molecule has 0 radical (unpaired) electrons. The highest BCUT2D eigenvalue weighted by Crippen LogP contribution is 2.33. The maximum absolute atomic E-state index is 12.1. The van der Waals surface area contributed by atoms with Crippen LogP contribution in [0.4, 0.5) is 5.69 Å². The van der Waals surface area contributed by atoms with E-state index in [1.54, 1.807) is 39.8 Å². The Bertz CT molecular complexity index is 572. The van der Waals surface area contributed by atoms with Gasteiger partial charge in [-0.05, 0) is 37.5 Å². The first-order valence-electron chi connectivity index (χ1n) is 6.57. The molecule has 0 bridgehead atoms. The van der Waals surface area contributed by atoms with Gasteiger partial charge in [0, 0.05) is 11.4 Å². The molecule has 0 heterocycles. The minimum absolute atomic E-state index is 0.137. The van der Waals surface area contributed by atoms with Crippen LogP contribution in [0.5, 0.6) is 0 Å². The maximum Gasteiger partial charge on any atom is 0.310 e. The van der Waals surface area contributed by atoms with E-state index in [1.807, 2.05) is 0 Å². The molecule has 0 aliphatic rings. The second kappa shape index (κ2) is 6.67. The van der Waals surface area contributed by atoms with Crippen molar-refractivity contribution in [3.05, 3.63) is 27.7 Å². The van der Waals surface area contributed by atoms with Crippen molar-refractivity contribution < 1.29 is 14.7 Å². The van der Waals surface area contributed by atoms with Crippen molar-refractivity contribution in [1.82, 2.24) is 0 Å². The number of hydrogen-bond donors (Lipinski definition) is 2. The Morgan fingerprint density at radius 1 is 1.29 bits per heavy atom. The number of aryl methyl sites for hydroxylation is 1. The van der Waals surface area contributed by atoms with Gasteiger partial charge in [0.25, 0.3) is 0 Å². The number of halogens is 2. The smallest absolute Gasteiger partial charge is 0.310 e. The van der Waals surface area contributed by atoms with E-state index in [2.05, 4.69) is 5.32 Å². The first-order valence-corrected chi connectivity index (χ1v) is 7.32. The van der Waals surface area contributed by atoms with E-state index < -0.39 is 17.3 Å². The number of nitrogens with one attached hydrogen (secondary N) is 1. The van der Waals surface area contributed by atoms with E-state index in [0.29, 0.717) is 15.7 Å². The fourth-order valence-electron chi connectivity index (χ4n) is 1.80. The molecule has 0 fully saturated rings. The van der Waals surface area contributed by atoms with Crippen LogP contribution in [0.3, 0.4) is 0 Å². The van der Waals surface area contributed by atoms with Gasteiger partial charge in [-0.25, -0.2) is 0 Å². The summed E-state index contributed by atoms with van der Waals surface area (Å²) in [5, 5.41) is 12.8. The molecule has 0 saturated carbocycles. The predicted molar refractivity (Wildman–Crippen MR) is 85.0 cm³/mol. The molecule has 1 rings (SSSR count). The number of carbonyl (C=O) groups excluding carboxylic acids is 1. The van der Waals surface area contributed by atoms with Gasteiger partial charge in [0.15, 0.2) is 0 Å². The number of hydrogen-bond acceptors (Lipinski definition) is 2. The number of amides is 1. The number of carboxylic acids is 1. The van der Waals surface area contributed by atoms with Crippen LogP contribution in [0.2, 0.25) is 10.0 Å². The Labute approximate surface area is 134 Å². The van der Waals surface area contributed by atoms with E-state index in [4.69, 9.17) is 23.2 Å². The lowest BCUT2D eigenvalue weighted by molar-refractivity contribution is -0.153. The van der Waals surface area contributed by atoms with Gasteiger partial charge in [-0.1, -0.05) is 37.0 Å². The lowest BCUT2D eigenvalue weighted by atomic mass is 9.76. The van der Waals surface area contributed by atoms with E-state index >= 15 is 0 Å². The maximum atomic E-state index is 12.1. The van der Waals surface area contributed by atoms with Crippen molar-refractivity contribution in [2.75, 3.05) is 5.32 Å². The Balaban J connectivity index is 2.92. The monoisotopic (exact) mass is 331 g/mol. The standard InChI is InChI=1S/C15H19Cl2NO3/c1-8(2)15(4,14(20)21)7-13(19)18-12-6-10(16)9(3)5-11(12)17/h5-6,8H,7H2,1-4H3,(H,18,19)(H,20,21). The molecule has 2 N–H and O–H groups in total. The molecule has 0 aromatic heterocycles. The molecule has 1 amide bonds. The number of benzene rings is 1. The fraction of sp³-hybridized carbons (Fsp3) is 0.467. The third-order valence-corrected chi connectivity index (χ3v) is 4.53. The molecular formula is C15H19Cl2NO3. The summed E-state index contributed by atoms with van der Waals surface area (Å²) in [6.07, 6.45) is -0.137. The third kappa shape index (κ3) is 4.11. The Morgan fingerprint density at radius 2 is 1.86 bits per heavy atom. The third-order valence-electron chi connectivity index (χ3n) is 3.81. The van der Waals surface area contributed by atoms with Crippen LogP contribution in [0, 0.1) is 18.3 Å². The fourth-order valence-corrected chi connectivity index (χ4v) is 2.23. The van der Waals surface area contributed by atoms with Gasteiger partial charge >= 0.3 is 5.97 Å². The van der Waals surface area contributed by atoms with Crippen molar-refractivity contribution in [1.29, 1.82) is 0 Å². The van der Waals surface area contributed by atoms with Gasteiger partial charge in [0.2, 0.25) is 5.91 Å². The zero-order chi connectivity index (χ0) is 16.4. The van der Waals surface area contributed by atoms with Crippen molar-refractivity contribution in [2.24, 2.45) is 11.3 Å². The van der Waals surface area contributed by atoms with E-state index in [9.17, 15) is 14.7 Å². The first-order chi connectivity index (χ1) is 9.57. The molecule has 116 valence electrons. The van der Waals surface area contributed by atoms with Crippen LogP contribution >= 0.6 is 23.2 Å². The molecule has 0 spiro atoms. The van der Waals surface area contributed by atoms with Crippen LogP contribution in [0.25, 0.3) is 0 Å². The van der Waals surface area contributed by atoms with E-state index in [0.717, 1.165) is 5.56 Å². The summed E-state index contributed by atoms with van der Waals surface area (Å²) in [6, 6.07) is 3.21. The summed E-state index contributed by atoms with van der Waals surface area (Å²) in [4.78, 5) is 23.5. The predicted octanol–water partition coefficient (Wildman–Crippen LogP) is 4.38. The average molecular weight is 332 g/mol. The summed E-state index contributed by atoms with van der Waals surface area (Å²) in [5.74, 6) is -1.59. The highest BCUT2D eigenvalue weighted by atomic mass is 35.5. The van der Waals surface area contributed by atoms with Crippen molar-refractivity contribution in [3.8, 4) is 0 Å². The second-order valence-electron chi connectivity index (χ2n) is 5.68. The molecule has 4 nitrogen and oxygen atoms in total. The lowest BCUT2D eigenvalue weighted by Gasteiger charge is -2.28. The summed E-state index contributed by atoms with van der Waals surface area (Å²) >= 11 is 12.1. The highest BCUT2D eigenvalue weighted by molar-refractivity contribution is 6.36.